The normalized spacial score (nSPS) is 20.4. The van der Waals surface area contributed by atoms with Crippen LogP contribution in [0.4, 0.5) is 5.69 Å². The summed E-state index contributed by atoms with van der Waals surface area (Å²) in [5.74, 6) is 0.615. The third kappa shape index (κ3) is 6.13. The zero-order valence-corrected chi connectivity index (χ0v) is 37.5. The highest BCUT2D eigenvalue weighted by Crippen LogP contribution is 2.58. The molecule has 0 amide bonds. The first-order chi connectivity index (χ1) is 32.5. The fourth-order valence-electron chi connectivity index (χ4n) is 12.3. The van der Waals surface area contributed by atoms with Crippen LogP contribution in [0.15, 0.2) is 218 Å². The molecule has 1 nitrogen and oxygen atoms in total. The fraction of sp³-hybridized carbons (Fsp3) is 0.138. The van der Waals surface area contributed by atoms with Gasteiger partial charge in [-0.3, -0.25) is 0 Å². The monoisotopic (exact) mass is 845 g/mol. The molecule has 2 aliphatic heterocycles. The van der Waals surface area contributed by atoms with Crippen LogP contribution in [0.25, 0.3) is 78.1 Å². The molecule has 4 unspecified atom stereocenters. The van der Waals surface area contributed by atoms with Crippen molar-refractivity contribution < 1.29 is 0 Å². The van der Waals surface area contributed by atoms with E-state index in [1.165, 1.54) is 105 Å². The van der Waals surface area contributed by atoms with Crippen LogP contribution in [0.3, 0.4) is 0 Å². The topological polar surface area (TPSA) is 3.24 Å². The Labute approximate surface area is 389 Å². The molecule has 2 heterocycles. The van der Waals surface area contributed by atoms with Gasteiger partial charge in [0.25, 0.3) is 0 Å². The molecule has 0 saturated carbocycles. The average molecular weight is 846 g/mol. The third-order valence-electron chi connectivity index (χ3n) is 15.6. The highest BCUT2D eigenvalue weighted by atomic mass is 15.2. The smallest absolute Gasteiger partial charge is 0.0587 e. The van der Waals surface area contributed by atoms with Crippen molar-refractivity contribution in [3.63, 3.8) is 0 Å². The summed E-state index contributed by atoms with van der Waals surface area (Å²) >= 11 is 0. The Morgan fingerprint density at radius 1 is 0.485 bits per heavy atom. The van der Waals surface area contributed by atoms with E-state index >= 15 is 0 Å². The van der Waals surface area contributed by atoms with Gasteiger partial charge < -0.3 is 4.90 Å². The minimum atomic E-state index is -0.0442. The summed E-state index contributed by atoms with van der Waals surface area (Å²) in [6.45, 7) is 4.95. The molecule has 0 saturated heterocycles. The lowest BCUT2D eigenvalue weighted by Gasteiger charge is -2.51. The lowest BCUT2D eigenvalue weighted by atomic mass is 9.65. The van der Waals surface area contributed by atoms with Gasteiger partial charge >= 0.3 is 0 Å². The van der Waals surface area contributed by atoms with Crippen LogP contribution < -0.4 is 4.90 Å². The van der Waals surface area contributed by atoms with Gasteiger partial charge in [-0.2, -0.15) is 0 Å². The van der Waals surface area contributed by atoms with Crippen molar-refractivity contribution in [1.29, 1.82) is 0 Å². The highest BCUT2D eigenvalue weighted by molar-refractivity contribution is 6.05. The summed E-state index contributed by atoms with van der Waals surface area (Å²) in [6.07, 6.45) is 23.8. The quantitative estimate of drug-likeness (QED) is 0.161. The highest BCUT2D eigenvalue weighted by Gasteiger charge is 2.52. The van der Waals surface area contributed by atoms with E-state index in [0.29, 0.717) is 12.0 Å². The zero-order valence-electron chi connectivity index (χ0n) is 37.5. The molecule has 0 spiro atoms. The fourth-order valence-corrected chi connectivity index (χ4v) is 12.3. The first-order valence-electron chi connectivity index (χ1n) is 23.9. The lowest BCUT2D eigenvalue weighted by molar-refractivity contribution is 0.317. The Morgan fingerprint density at radius 2 is 1.06 bits per heavy atom. The summed E-state index contributed by atoms with van der Waals surface area (Å²) in [6, 6.07) is 64.1. The van der Waals surface area contributed by atoms with Gasteiger partial charge in [-0.25, -0.2) is 0 Å². The predicted molar refractivity (Wildman–Crippen MR) is 280 cm³/mol. The predicted octanol–water partition coefficient (Wildman–Crippen LogP) is 16.5. The molecule has 13 rings (SSSR count). The SMILES string of the molecule is CC1(C)c2cc(-c3ccc(-c4ccc(-c5ccccc5)c5c4C=CCC5)cc3)cc3c2N(C2C=CC(c4ccc(-c5ccc(-c6ccccc6)c6ccccc56)cc4)=CC32)C2C=CC=CC21. The standard InChI is InChI=1S/C65H51N/c1-65(2)60-23-13-14-24-63(60)66-62-38-33-48(42-25-29-46(30-26-42)52-36-34-50(44-15-5-3-6-16-44)54-19-9-11-21-56(52)54)39-58(62)59-40-49(41-61(65)64(59)66)43-27-31-47(32-28-43)53-37-35-51(45-17-7-4-8-18-45)55-20-10-12-22-57(53)55/h3-9,11-19,21-41,58,60,62-63H,10,20H2,1-2H3. The Balaban J connectivity index is 0.870. The summed E-state index contributed by atoms with van der Waals surface area (Å²) < 4.78 is 0. The Bertz CT molecular complexity index is 3380. The minimum Gasteiger partial charge on any atom is -0.357 e. The number of fused-ring (bicyclic) bond motifs is 7. The molecule has 4 atom stereocenters. The van der Waals surface area contributed by atoms with Crippen LogP contribution in [0.2, 0.25) is 0 Å². The molecule has 0 fully saturated rings. The number of allylic oxidation sites excluding steroid dienone is 5. The largest absolute Gasteiger partial charge is 0.357 e. The second-order valence-electron chi connectivity index (χ2n) is 19.5. The lowest BCUT2D eigenvalue weighted by Crippen LogP contribution is -2.53. The van der Waals surface area contributed by atoms with E-state index in [0.717, 1.165) is 12.8 Å². The van der Waals surface area contributed by atoms with Crippen molar-refractivity contribution >= 4 is 28.1 Å². The van der Waals surface area contributed by atoms with E-state index in [9.17, 15) is 0 Å². The molecule has 0 N–H and O–H groups in total. The molecule has 5 aliphatic rings. The number of anilines is 1. The van der Waals surface area contributed by atoms with Crippen LogP contribution in [0.5, 0.6) is 0 Å². The van der Waals surface area contributed by atoms with Gasteiger partial charge in [-0.1, -0.05) is 226 Å². The van der Waals surface area contributed by atoms with Crippen LogP contribution in [0, 0.1) is 5.92 Å². The molecular formula is C65H51N. The van der Waals surface area contributed by atoms with Crippen LogP contribution in [0.1, 0.15) is 54.0 Å². The Morgan fingerprint density at radius 3 is 1.77 bits per heavy atom. The Hall–Kier alpha value is -7.48. The number of hydrogen-bond donors (Lipinski definition) is 0. The van der Waals surface area contributed by atoms with Gasteiger partial charge in [0.1, 0.15) is 0 Å². The van der Waals surface area contributed by atoms with Crippen molar-refractivity contribution in [3.8, 4) is 55.6 Å². The van der Waals surface area contributed by atoms with Crippen molar-refractivity contribution in [2.75, 3.05) is 4.90 Å². The summed E-state index contributed by atoms with van der Waals surface area (Å²) in [7, 11) is 0. The van der Waals surface area contributed by atoms with Crippen molar-refractivity contribution in [1.82, 2.24) is 0 Å². The number of nitrogens with zero attached hydrogens (tertiary/aromatic N) is 1. The number of hydrogen-bond acceptors (Lipinski definition) is 1. The van der Waals surface area contributed by atoms with Gasteiger partial charge in [0.2, 0.25) is 0 Å². The summed E-state index contributed by atoms with van der Waals surface area (Å²) in [5, 5.41) is 2.56. The molecule has 0 radical (unpaired) electrons. The van der Waals surface area contributed by atoms with Gasteiger partial charge in [0, 0.05) is 22.9 Å². The maximum absolute atomic E-state index is 2.77. The van der Waals surface area contributed by atoms with E-state index in [4.69, 9.17) is 0 Å². The van der Waals surface area contributed by atoms with Gasteiger partial charge in [-0.05, 0) is 125 Å². The van der Waals surface area contributed by atoms with E-state index in [2.05, 4.69) is 243 Å². The Kier molecular flexibility index (Phi) is 9.04. The van der Waals surface area contributed by atoms with E-state index in [-0.39, 0.29) is 17.4 Å². The second-order valence-corrected chi connectivity index (χ2v) is 19.5. The van der Waals surface area contributed by atoms with Gasteiger partial charge in [0.05, 0.1) is 12.1 Å². The van der Waals surface area contributed by atoms with Crippen LogP contribution in [-0.4, -0.2) is 12.1 Å². The van der Waals surface area contributed by atoms with Gasteiger partial charge in [-0.15, -0.1) is 0 Å². The molecule has 1 heteroatoms. The first-order valence-corrected chi connectivity index (χ1v) is 23.9. The average Bonchev–Trinajstić information content (AvgIpc) is 3.71. The second kappa shape index (κ2) is 15.3. The van der Waals surface area contributed by atoms with E-state index < -0.39 is 0 Å². The zero-order chi connectivity index (χ0) is 43.9. The van der Waals surface area contributed by atoms with Crippen LogP contribution in [-0.2, 0) is 11.8 Å². The summed E-state index contributed by atoms with van der Waals surface area (Å²) in [4.78, 5) is 2.77. The molecule has 66 heavy (non-hydrogen) atoms. The third-order valence-corrected chi connectivity index (χ3v) is 15.6. The van der Waals surface area contributed by atoms with Crippen molar-refractivity contribution in [3.05, 3.63) is 246 Å². The van der Waals surface area contributed by atoms with E-state index in [1.807, 2.05) is 0 Å². The molecule has 8 aromatic carbocycles. The van der Waals surface area contributed by atoms with Crippen molar-refractivity contribution in [2.24, 2.45) is 5.92 Å². The number of rotatable bonds is 6. The molecule has 0 bridgehead atoms. The summed E-state index contributed by atoms with van der Waals surface area (Å²) in [5.41, 5.74) is 22.5. The van der Waals surface area contributed by atoms with Crippen molar-refractivity contribution in [2.45, 2.75) is 50.1 Å². The maximum Gasteiger partial charge on any atom is 0.0587 e. The molecule has 0 aromatic heterocycles. The molecule has 316 valence electrons. The molecule has 8 aromatic rings. The maximum atomic E-state index is 2.77. The molecular weight excluding hydrogens is 795 g/mol. The van der Waals surface area contributed by atoms with Gasteiger partial charge in [0.15, 0.2) is 0 Å². The number of benzene rings is 8. The first kappa shape index (κ1) is 38.9. The molecule has 3 aliphatic carbocycles. The minimum absolute atomic E-state index is 0.0442. The van der Waals surface area contributed by atoms with E-state index in [1.54, 1.807) is 0 Å². The van der Waals surface area contributed by atoms with Crippen LogP contribution >= 0.6 is 0 Å².